The van der Waals surface area contributed by atoms with Gasteiger partial charge in [0.2, 0.25) is 0 Å². The molecular formula is C14H17N3O2. The number of methoxy groups -OCH3 is 2. The third-order valence-electron chi connectivity index (χ3n) is 2.70. The summed E-state index contributed by atoms with van der Waals surface area (Å²) in [6, 6.07) is 7.64. The van der Waals surface area contributed by atoms with Gasteiger partial charge in [-0.3, -0.25) is 4.98 Å². The van der Waals surface area contributed by atoms with Crippen LogP contribution in [-0.2, 0) is 6.54 Å². The van der Waals surface area contributed by atoms with E-state index in [9.17, 15) is 0 Å². The molecule has 0 spiro atoms. The van der Waals surface area contributed by atoms with E-state index in [1.807, 2.05) is 24.3 Å². The summed E-state index contributed by atoms with van der Waals surface area (Å²) < 4.78 is 10.5. The summed E-state index contributed by atoms with van der Waals surface area (Å²) in [7, 11) is 3.24. The molecule has 1 aromatic carbocycles. The molecule has 3 N–H and O–H groups in total. The molecule has 0 radical (unpaired) electrons. The van der Waals surface area contributed by atoms with Gasteiger partial charge in [-0.15, -0.1) is 0 Å². The molecule has 0 aliphatic heterocycles. The lowest BCUT2D eigenvalue weighted by molar-refractivity contribution is 0.354. The number of hydrogen-bond donors (Lipinski definition) is 2. The van der Waals surface area contributed by atoms with Crippen LogP contribution in [0.25, 0.3) is 0 Å². The molecule has 100 valence electrons. The second-order valence-corrected chi connectivity index (χ2v) is 4.05. The number of pyridine rings is 1. The zero-order valence-electron chi connectivity index (χ0n) is 11.0. The van der Waals surface area contributed by atoms with Crippen molar-refractivity contribution in [1.82, 2.24) is 4.98 Å². The Kier molecular flexibility index (Phi) is 4.07. The maximum Gasteiger partial charge on any atom is 0.161 e. The molecule has 0 saturated heterocycles. The van der Waals surface area contributed by atoms with Gasteiger partial charge in [0.1, 0.15) is 0 Å². The third-order valence-corrected chi connectivity index (χ3v) is 2.70. The standard InChI is InChI=1S/C14H17N3O2/c1-18-13-4-3-10(5-14(13)19-2)7-17-12-6-11(15)8-16-9-12/h3-6,8-9,17H,7,15H2,1-2H3. The highest BCUT2D eigenvalue weighted by atomic mass is 16.5. The zero-order chi connectivity index (χ0) is 13.7. The molecule has 5 nitrogen and oxygen atoms in total. The Morgan fingerprint density at radius 3 is 2.58 bits per heavy atom. The number of nitrogen functional groups attached to an aromatic ring is 1. The van der Waals surface area contributed by atoms with Crippen LogP contribution in [0.5, 0.6) is 11.5 Å². The van der Waals surface area contributed by atoms with Crippen molar-refractivity contribution in [2.75, 3.05) is 25.3 Å². The molecule has 0 saturated carbocycles. The smallest absolute Gasteiger partial charge is 0.161 e. The number of rotatable bonds is 5. The number of nitrogens with two attached hydrogens (primary N) is 1. The van der Waals surface area contributed by atoms with Crippen LogP contribution in [-0.4, -0.2) is 19.2 Å². The predicted molar refractivity (Wildman–Crippen MR) is 75.5 cm³/mol. The van der Waals surface area contributed by atoms with Gasteiger partial charge in [-0.25, -0.2) is 0 Å². The van der Waals surface area contributed by atoms with E-state index in [2.05, 4.69) is 10.3 Å². The number of aromatic nitrogens is 1. The highest BCUT2D eigenvalue weighted by Crippen LogP contribution is 2.27. The number of ether oxygens (including phenoxy) is 2. The lowest BCUT2D eigenvalue weighted by Crippen LogP contribution is -2.01. The monoisotopic (exact) mass is 259 g/mol. The number of anilines is 2. The highest BCUT2D eigenvalue weighted by Gasteiger charge is 2.04. The normalized spacial score (nSPS) is 10.0. The second kappa shape index (κ2) is 5.95. The van der Waals surface area contributed by atoms with Gasteiger partial charge in [-0.1, -0.05) is 6.07 Å². The van der Waals surface area contributed by atoms with E-state index in [0.29, 0.717) is 18.0 Å². The first-order valence-electron chi connectivity index (χ1n) is 5.88. The zero-order valence-corrected chi connectivity index (χ0v) is 11.0. The van der Waals surface area contributed by atoms with E-state index in [0.717, 1.165) is 17.0 Å². The molecule has 0 aliphatic rings. The Balaban J connectivity index is 2.07. The van der Waals surface area contributed by atoms with Crippen molar-refractivity contribution in [3.8, 4) is 11.5 Å². The minimum Gasteiger partial charge on any atom is -0.493 e. The fraction of sp³-hybridized carbons (Fsp3) is 0.214. The van der Waals surface area contributed by atoms with Crippen LogP contribution in [0.2, 0.25) is 0 Å². The fourth-order valence-corrected chi connectivity index (χ4v) is 1.75. The summed E-state index contributed by atoms with van der Waals surface area (Å²) in [6.07, 6.45) is 3.35. The lowest BCUT2D eigenvalue weighted by Gasteiger charge is -2.11. The summed E-state index contributed by atoms with van der Waals surface area (Å²) in [5, 5.41) is 3.25. The molecule has 19 heavy (non-hydrogen) atoms. The van der Waals surface area contributed by atoms with Crippen molar-refractivity contribution in [2.24, 2.45) is 0 Å². The Labute approximate surface area is 112 Å². The van der Waals surface area contributed by atoms with Crippen molar-refractivity contribution >= 4 is 11.4 Å². The maximum absolute atomic E-state index is 5.67. The SMILES string of the molecule is COc1ccc(CNc2cncc(N)c2)cc1OC. The lowest BCUT2D eigenvalue weighted by atomic mass is 10.2. The van der Waals surface area contributed by atoms with Crippen LogP contribution < -0.4 is 20.5 Å². The summed E-state index contributed by atoms with van der Waals surface area (Å²) in [5.41, 5.74) is 8.28. The van der Waals surface area contributed by atoms with Crippen LogP contribution >= 0.6 is 0 Å². The molecule has 0 aliphatic carbocycles. The van der Waals surface area contributed by atoms with Gasteiger partial charge in [0, 0.05) is 12.7 Å². The van der Waals surface area contributed by atoms with Gasteiger partial charge in [-0.2, -0.15) is 0 Å². The third kappa shape index (κ3) is 3.28. The molecule has 2 aromatic rings. The maximum atomic E-state index is 5.67. The molecule has 0 unspecified atom stereocenters. The number of nitrogens with one attached hydrogen (secondary N) is 1. The van der Waals surface area contributed by atoms with Gasteiger partial charge >= 0.3 is 0 Å². The van der Waals surface area contributed by atoms with E-state index in [-0.39, 0.29) is 0 Å². The molecule has 0 atom stereocenters. The number of nitrogens with zero attached hydrogens (tertiary/aromatic N) is 1. The van der Waals surface area contributed by atoms with E-state index in [1.54, 1.807) is 26.6 Å². The molecule has 0 bridgehead atoms. The first-order chi connectivity index (χ1) is 9.22. The summed E-state index contributed by atoms with van der Waals surface area (Å²) in [6.45, 7) is 0.658. The van der Waals surface area contributed by atoms with Crippen molar-refractivity contribution < 1.29 is 9.47 Å². The first-order valence-corrected chi connectivity index (χ1v) is 5.88. The number of benzene rings is 1. The molecule has 5 heteroatoms. The summed E-state index contributed by atoms with van der Waals surface area (Å²) >= 11 is 0. The van der Waals surface area contributed by atoms with E-state index in [4.69, 9.17) is 15.2 Å². The van der Waals surface area contributed by atoms with Crippen molar-refractivity contribution in [3.05, 3.63) is 42.2 Å². The van der Waals surface area contributed by atoms with Gasteiger partial charge in [0.25, 0.3) is 0 Å². The topological polar surface area (TPSA) is 69.4 Å². The Morgan fingerprint density at radius 1 is 1.11 bits per heavy atom. The molecule has 2 rings (SSSR count). The van der Waals surface area contributed by atoms with Crippen LogP contribution in [0.4, 0.5) is 11.4 Å². The van der Waals surface area contributed by atoms with E-state index < -0.39 is 0 Å². The van der Waals surface area contributed by atoms with Gasteiger partial charge in [0.05, 0.1) is 31.8 Å². The Bertz CT molecular complexity index is 558. The molecule has 0 fully saturated rings. The molecule has 1 heterocycles. The first kappa shape index (κ1) is 13.0. The van der Waals surface area contributed by atoms with Crippen LogP contribution in [0.3, 0.4) is 0 Å². The number of hydrogen-bond acceptors (Lipinski definition) is 5. The minimum atomic E-state index is 0.636. The average molecular weight is 259 g/mol. The molecule has 0 amide bonds. The van der Waals surface area contributed by atoms with E-state index in [1.165, 1.54) is 0 Å². The fourth-order valence-electron chi connectivity index (χ4n) is 1.75. The predicted octanol–water partition coefficient (Wildman–Crippen LogP) is 2.29. The Hall–Kier alpha value is -2.43. The van der Waals surface area contributed by atoms with Crippen LogP contribution in [0.1, 0.15) is 5.56 Å². The van der Waals surface area contributed by atoms with Crippen LogP contribution in [0, 0.1) is 0 Å². The summed E-state index contributed by atoms with van der Waals surface area (Å²) in [4.78, 5) is 4.03. The summed E-state index contributed by atoms with van der Waals surface area (Å²) in [5.74, 6) is 1.43. The van der Waals surface area contributed by atoms with Gasteiger partial charge in [0.15, 0.2) is 11.5 Å². The minimum absolute atomic E-state index is 0.636. The molecule has 1 aromatic heterocycles. The molecular weight excluding hydrogens is 242 g/mol. The van der Waals surface area contributed by atoms with Crippen molar-refractivity contribution in [3.63, 3.8) is 0 Å². The Morgan fingerprint density at radius 2 is 1.89 bits per heavy atom. The van der Waals surface area contributed by atoms with Crippen LogP contribution in [0.15, 0.2) is 36.7 Å². The van der Waals surface area contributed by atoms with E-state index >= 15 is 0 Å². The quantitative estimate of drug-likeness (QED) is 0.862. The average Bonchev–Trinajstić information content (AvgIpc) is 2.45. The van der Waals surface area contributed by atoms with Crippen molar-refractivity contribution in [1.29, 1.82) is 0 Å². The van der Waals surface area contributed by atoms with Crippen molar-refractivity contribution in [2.45, 2.75) is 6.54 Å². The van der Waals surface area contributed by atoms with Gasteiger partial charge < -0.3 is 20.5 Å². The second-order valence-electron chi connectivity index (χ2n) is 4.05. The highest BCUT2D eigenvalue weighted by molar-refractivity contribution is 5.52. The van der Waals surface area contributed by atoms with Gasteiger partial charge in [-0.05, 0) is 23.8 Å². The largest absolute Gasteiger partial charge is 0.493 e.